The van der Waals surface area contributed by atoms with E-state index in [2.05, 4.69) is 10.4 Å². The second-order valence-electron chi connectivity index (χ2n) is 12.0. The van der Waals surface area contributed by atoms with E-state index in [1.807, 2.05) is 54.6 Å². The summed E-state index contributed by atoms with van der Waals surface area (Å²) in [6, 6.07) is 17.8. The highest BCUT2D eigenvalue weighted by molar-refractivity contribution is 5.97. The number of ether oxygens (including phenoxy) is 1. The normalized spacial score (nSPS) is 22.9. The van der Waals surface area contributed by atoms with Gasteiger partial charge in [0.2, 0.25) is 11.8 Å². The van der Waals surface area contributed by atoms with Crippen LogP contribution >= 0.6 is 0 Å². The summed E-state index contributed by atoms with van der Waals surface area (Å²) in [7, 11) is 0. The Balaban J connectivity index is 1.23. The SMILES string of the molecule is CC(CC1CCC(NC(=O)C(c2ccc(CN3N=C(c4ccccc4)OCC3=O)cc2)C2CCCC2)CC1)C(=O)O. The van der Waals surface area contributed by atoms with Crippen LogP contribution in [0.25, 0.3) is 0 Å². The number of carboxylic acids is 1. The molecular formula is C33H41N3O5. The molecule has 0 radical (unpaired) electrons. The van der Waals surface area contributed by atoms with Gasteiger partial charge in [0, 0.05) is 11.6 Å². The molecule has 2 saturated carbocycles. The first kappa shape index (κ1) is 28.8. The van der Waals surface area contributed by atoms with Gasteiger partial charge in [-0.3, -0.25) is 14.4 Å². The van der Waals surface area contributed by atoms with Crippen LogP contribution < -0.4 is 5.32 Å². The third kappa shape index (κ3) is 7.34. The van der Waals surface area contributed by atoms with E-state index in [0.717, 1.165) is 68.1 Å². The van der Waals surface area contributed by atoms with Gasteiger partial charge >= 0.3 is 5.97 Å². The summed E-state index contributed by atoms with van der Waals surface area (Å²) in [5.74, 6) is -0.149. The zero-order valence-electron chi connectivity index (χ0n) is 23.8. The number of benzene rings is 2. The number of hydrogen-bond donors (Lipinski definition) is 2. The highest BCUT2D eigenvalue weighted by Gasteiger charge is 2.34. The lowest BCUT2D eigenvalue weighted by molar-refractivity contribution is -0.141. The Morgan fingerprint density at radius 3 is 2.34 bits per heavy atom. The molecule has 0 saturated heterocycles. The molecule has 1 heterocycles. The van der Waals surface area contributed by atoms with Gasteiger partial charge in [-0.25, -0.2) is 5.01 Å². The maximum atomic E-state index is 13.7. The first-order valence-corrected chi connectivity index (χ1v) is 15.1. The summed E-state index contributed by atoms with van der Waals surface area (Å²) < 4.78 is 5.56. The smallest absolute Gasteiger partial charge is 0.306 e. The van der Waals surface area contributed by atoms with E-state index >= 15 is 0 Å². The van der Waals surface area contributed by atoms with Crippen molar-refractivity contribution in [3.05, 3.63) is 71.3 Å². The molecule has 218 valence electrons. The Hall–Kier alpha value is -3.68. The predicted octanol–water partition coefficient (Wildman–Crippen LogP) is 5.47. The van der Waals surface area contributed by atoms with Gasteiger partial charge in [-0.2, -0.15) is 0 Å². The fraction of sp³-hybridized carbons (Fsp3) is 0.515. The molecule has 0 aromatic heterocycles. The number of carbonyl (C=O) groups excluding carboxylic acids is 2. The van der Waals surface area contributed by atoms with E-state index in [4.69, 9.17) is 4.74 Å². The summed E-state index contributed by atoms with van der Waals surface area (Å²) in [5, 5.41) is 18.5. The number of rotatable bonds is 10. The number of hydrogen-bond acceptors (Lipinski definition) is 5. The van der Waals surface area contributed by atoms with Gasteiger partial charge in [0.1, 0.15) is 0 Å². The fourth-order valence-corrected chi connectivity index (χ4v) is 6.61. The highest BCUT2D eigenvalue weighted by Crippen LogP contribution is 2.38. The lowest BCUT2D eigenvalue weighted by Gasteiger charge is -2.32. The summed E-state index contributed by atoms with van der Waals surface area (Å²) in [4.78, 5) is 37.4. The van der Waals surface area contributed by atoms with E-state index < -0.39 is 5.97 Å². The van der Waals surface area contributed by atoms with E-state index in [-0.39, 0.29) is 36.3 Å². The maximum absolute atomic E-state index is 13.7. The van der Waals surface area contributed by atoms with Gasteiger partial charge in [-0.15, -0.1) is 5.10 Å². The van der Waals surface area contributed by atoms with Crippen LogP contribution in [0.15, 0.2) is 59.7 Å². The molecule has 0 spiro atoms. The average Bonchev–Trinajstić information content (AvgIpc) is 3.51. The molecule has 2 aromatic rings. The number of carbonyl (C=O) groups is 3. The Kier molecular flexibility index (Phi) is 9.37. The molecule has 8 heteroatoms. The van der Waals surface area contributed by atoms with E-state index in [0.29, 0.717) is 30.7 Å². The third-order valence-corrected chi connectivity index (χ3v) is 8.98. The van der Waals surface area contributed by atoms with Gasteiger partial charge < -0.3 is 15.2 Å². The topological polar surface area (TPSA) is 108 Å². The van der Waals surface area contributed by atoms with E-state index in [1.54, 1.807) is 6.92 Å². The number of amides is 2. The van der Waals surface area contributed by atoms with Gasteiger partial charge in [0.15, 0.2) is 6.61 Å². The molecular weight excluding hydrogens is 518 g/mol. The van der Waals surface area contributed by atoms with Crippen molar-refractivity contribution in [3.63, 3.8) is 0 Å². The monoisotopic (exact) mass is 559 g/mol. The first-order chi connectivity index (χ1) is 19.9. The molecule has 1 aliphatic heterocycles. The zero-order chi connectivity index (χ0) is 28.8. The molecule has 2 aromatic carbocycles. The molecule has 0 bridgehead atoms. The molecule has 2 N–H and O–H groups in total. The first-order valence-electron chi connectivity index (χ1n) is 15.1. The molecule has 2 amide bonds. The molecule has 2 atom stereocenters. The Bertz CT molecular complexity index is 1230. The van der Waals surface area contributed by atoms with Crippen molar-refractivity contribution in [1.82, 2.24) is 10.3 Å². The van der Waals surface area contributed by atoms with Crippen LogP contribution in [0.2, 0.25) is 0 Å². The van der Waals surface area contributed by atoms with Crippen molar-refractivity contribution in [1.29, 1.82) is 0 Å². The summed E-state index contributed by atoms with van der Waals surface area (Å²) in [5.41, 5.74) is 2.79. The van der Waals surface area contributed by atoms with Crippen molar-refractivity contribution < 1.29 is 24.2 Å². The van der Waals surface area contributed by atoms with Crippen molar-refractivity contribution in [2.24, 2.45) is 22.9 Å². The largest absolute Gasteiger partial charge is 0.481 e. The predicted molar refractivity (Wildman–Crippen MR) is 156 cm³/mol. The minimum atomic E-state index is -0.730. The Labute approximate surface area is 242 Å². The Morgan fingerprint density at radius 2 is 1.68 bits per heavy atom. The number of hydrazone groups is 1. The van der Waals surface area contributed by atoms with Crippen LogP contribution in [0.1, 0.15) is 87.3 Å². The number of aliphatic carboxylic acids is 1. The van der Waals surface area contributed by atoms with E-state index in [9.17, 15) is 19.5 Å². The lowest BCUT2D eigenvalue weighted by atomic mass is 9.80. The molecule has 41 heavy (non-hydrogen) atoms. The van der Waals surface area contributed by atoms with Crippen molar-refractivity contribution in [2.45, 2.75) is 83.2 Å². The van der Waals surface area contributed by atoms with Gasteiger partial charge in [0.05, 0.1) is 18.4 Å². The maximum Gasteiger partial charge on any atom is 0.306 e. The quantitative estimate of drug-likeness (QED) is 0.402. The van der Waals surface area contributed by atoms with Crippen LogP contribution in [-0.2, 0) is 25.7 Å². The minimum Gasteiger partial charge on any atom is -0.481 e. The average molecular weight is 560 g/mol. The van der Waals surface area contributed by atoms with Crippen molar-refractivity contribution in [3.8, 4) is 0 Å². The van der Waals surface area contributed by atoms with Crippen LogP contribution in [0.4, 0.5) is 0 Å². The molecule has 5 rings (SSSR count). The van der Waals surface area contributed by atoms with Gasteiger partial charge in [-0.1, -0.05) is 62.2 Å². The highest BCUT2D eigenvalue weighted by atomic mass is 16.5. The second-order valence-corrected chi connectivity index (χ2v) is 12.0. The van der Waals surface area contributed by atoms with Crippen LogP contribution in [0, 0.1) is 17.8 Å². The summed E-state index contributed by atoms with van der Waals surface area (Å²) in [6.07, 6.45) is 8.84. The molecule has 3 aliphatic rings. The Morgan fingerprint density at radius 1 is 1.00 bits per heavy atom. The molecule has 2 fully saturated rings. The van der Waals surface area contributed by atoms with Crippen molar-refractivity contribution in [2.75, 3.05) is 6.61 Å². The number of carboxylic acid groups (broad SMARTS) is 1. The van der Waals surface area contributed by atoms with Gasteiger partial charge in [0.25, 0.3) is 5.91 Å². The molecule has 8 nitrogen and oxygen atoms in total. The summed E-state index contributed by atoms with van der Waals surface area (Å²) in [6.45, 7) is 2.07. The van der Waals surface area contributed by atoms with E-state index in [1.165, 1.54) is 5.01 Å². The lowest BCUT2D eigenvalue weighted by Crippen LogP contribution is -2.42. The molecule has 2 unspecified atom stereocenters. The standard InChI is InChI=1S/C33H41N3O5/c1-22(33(39)40)19-23-13-17-28(18-14-23)34-31(38)30(25-7-5-6-8-25)26-15-11-24(12-16-26)20-36-29(37)21-41-32(35-36)27-9-3-2-4-10-27/h2-4,9-12,15-16,22-23,25,28,30H,5-8,13-14,17-21H2,1H3,(H,34,38)(H,39,40). The third-order valence-electron chi connectivity index (χ3n) is 8.98. The van der Waals surface area contributed by atoms with Crippen molar-refractivity contribution >= 4 is 23.7 Å². The van der Waals surface area contributed by atoms with Crippen LogP contribution in [0.3, 0.4) is 0 Å². The second kappa shape index (κ2) is 13.3. The number of nitrogens with one attached hydrogen (secondary N) is 1. The summed E-state index contributed by atoms with van der Waals surface area (Å²) >= 11 is 0. The number of nitrogens with zero attached hydrogens (tertiary/aromatic N) is 2. The zero-order valence-corrected chi connectivity index (χ0v) is 23.8. The van der Waals surface area contributed by atoms with Crippen LogP contribution in [0.5, 0.6) is 0 Å². The molecule has 2 aliphatic carbocycles. The van der Waals surface area contributed by atoms with Crippen LogP contribution in [-0.4, -0.2) is 46.4 Å². The van der Waals surface area contributed by atoms with Gasteiger partial charge in [-0.05, 0) is 80.0 Å². The fourth-order valence-electron chi connectivity index (χ4n) is 6.61. The minimum absolute atomic E-state index is 0.0454.